The standard InChI is InChI=1S/C17H17F3N2O/c18-17(19,20)13-7-3-4-8-14(13)22-16(23)15-12-6-2-1-5-11(12)9-10-21-15/h1-2,5-6,9-10,13-14H,3-4,7-8H2,(H,22,23)/t13-,14-/m0/s1. The second kappa shape index (κ2) is 6.18. The zero-order chi connectivity index (χ0) is 16.4. The molecule has 1 aliphatic carbocycles. The lowest BCUT2D eigenvalue weighted by Crippen LogP contribution is -2.47. The van der Waals surface area contributed by atoms with Gasteiger partial charge in [0, 0.05) is 17.6 Å². The Bertz CT molecular complexity index is 709. The number of benzene rings is 1. The minimum absolute atomic E-state index is 0.0669. The fraction of sp³-hybridized carbons (Fsp3) is 0.412. The van der Waals surface area contributed by atoms with Crippen LogP contribution < -0.4 is 5.32 Å². The van der Waals surface area contributed by atoms with Gasteiger partial charge in [0.25, 0.3) is 5.91 Å². The molecule has 1 aromatic carbocycles. The Kier molecular flexibility index (Phi) is 4.24. The van der Waals surface area contributed by atoms with Crippen LogP contribution in [0.1, 0.15) is 36.2 Å². The van der Waals surface area contributed by atoms with Crippen molar-refractivity contribution in [3.8, 4) is 0 Å². The molecule has 1 fully saturated rings. The van der Waals surface area contributed by atoms with Crippen molar-refractivity contribution in [2.24, 2.45) is 5.92 Å². The lowest BCUT2D eigenvalue weighted by molar-refractivity contribution is -0.187. The normalized spacial score (nSPS) is 22.0. The second-order valence-corrected chi connectivity index (χ2v) is 5.89. The van der Waals surface area contributed by atoms with Gasteiger partial charge in [-0.25, -0.2) is 0 Å². The van der Waals surface area contributed by atoms with Crippen LogP contribution in [0, 0.1) is 5.92 Å². The number of halogens is 3. The van der Waals surface area contributed by atoms with E-state index >= 15 is 0 Å². The predicted molar refractivity (Wildman–Crippen MR) is 81.0 cm³/mol. The fourth-order valence-electron chi connectivity index (χ4n) is 3.23. The van der Waals surface area contributed by atoms with Crippen LogP contribution in [0.5, 0.6) is 0 Å². The quantitative estimate of drug-likeness (QED) is 0.905. The molecule has 1 heterocycles. The van der Waals surface area contributed by atoms with Crippen LogP contribution in [0.2, 0.25) is 0 Å². The average molecular weight is 322 g/mol. The van der Waals surface area contributed by atoms with Crippen molar-refractivity contribution >= 4 is 16.7 Å². The molecule has 0 spiro atoms. The first-order chi connectivity index (χ1) is 11.0. The number of hydrogen-bond donors (Lipinski definition) is 1. The fourth-order valence-corrected chi connectivity index (χ4v) is 3.23. The third-order valence-corrected chi connectivity index (χ3v) is 4.39. The molecule has 2 atom stereocenters. The topological polar surface area (TPSA) is 42.0 Å². The number of carbonyl (C=O) groups excluding carboxylic acids is 1. The molecule has 3 rings (SSSR count). The molecule has 0 aliphatic heterocycles. The van der Waals surface area contributed by atoms with Gasteiger partial charge in [0.2, 0.25) is 0 Å². The molecule has 1 aromatic heterocycles. The summed E-state index contributed by atoms with van der Waals surface area (Å²) in [6.07, 6.45) is -1.13. The van der Waals surface area contributed by atoms with Gasteiger partial charge in [0.1, 0.15) is 5.69 Å². The van der Waals surface area contributed by atoms with Crippen molar-refractivity contribution in [3.05, 3.63) is 42.2 Å². The molecule has 2 aromatic rings. The number of fused-ring (bicyclic) bond motifs is 1. The van der Waals surface area contributed by atoms with Crippen molar-refractivity contribution in [2.45, 2.75) is 37.9 Å². The molecule has 1 aliphatic rings. The van der Waals surface area contributed by atoms with Crippen LogP contribution in [-0.2, 0) is 0 Å². The summed E-state index contributed by atoms with van der Waals surface area (Å²) in [4.78, 5) is 16.5. The summed E-state index contributed by atoms with van der Waals surface area (Å²) in [6, 6.07) is 8.10. The van der Waals surface area contributed by atoms with E-state index in [2.05, 4.69) is 10.3 Å². The molecule has 1 N–H and O–H groups in total. The van der Waals surface area contributed by atoms with Crippen molar-refractivity contribution < 1.29 is 18.0 Å². The molecular weight excluding hydrogens is 305 g/mol. The Morgan fingerprint density at radius 3 is 2.65 bits per heavy atom. The van der Waals surface area contributed by atoms with Gasteiger partial charge in [-0.05, 0) is 24.3 Å². The number of nitrogens with one attached hydrogen (secondary N) is 1. The summed E-state index contributed by atoms with van der Waals surface area (Å²) in [5, 5.41) is 4.04. The van der Waals surface area contributed by atoms with Crippen LogP contribution in [0.25, 0.3) is 10.8 Å². The van der Waals surface area contributed by atoms with Gasteiger partial charge in [0.15, 0.2) is 0 Å². The highest BCUT2D eigenvalue weighted by atomic mass is 19.4. The van der Waals surface area contributed by atoms with Gasteiger partial charge < -0.3 is 5.32 Å². The van der Waals surface area contributed by atoms with E-state index in [9.17, 15) is 18.0 Å². The van der Waals surface area contributed by atoms with Crippen molar-refractivity contribution in [2.75, 3.05) is 0 Å². The van der Waals surface area contributed by atoms with Gasteiger partial charge in [-0.3, -0.25) is 9.78 Å². The SMILES string of the molecule is O=C(N[C@H]1CCCC[C@@H]1C(F)(F)F)c1nccc2ccccc12. The smallest absolute Gasteiger partial charge is 0.347 e. The molecule has 0 bridgehead atoms. The monoisotopic (exact) mass is 322 g/mol. The second-order valence-electron chi connectivity index (χ2n) is 5.89. The third kappa shape index (κ3) is 3.30. The maximum Gasteiger partial charge on any atom is 0.393 e. The third-order valence-electron chi connectivity index (χ3n) is 4.39. The Hall–Kier alpha value is -2.11. The first-order valence-electron chi connectivity index (χ1n) is 7.68. The summed E-state index contributed by atoms with van der Waals surface area (Å²) in [7, 11) is 0. The summed E-state index contributed by atoms with van der Waals surface area (Å²) >= 11 is 0. The first-order valence-corrected chi connectivity index (χ1v) is 7.68. The minimum atomic E-state index is -4.29. The van der Waals surface area contributed by atoms with Gasteiger partial charge in [-0.2, -0.15) is 13.2 Å². The zero-order valence-corrected chi connectivity index (χ0v) is 12.4. The highest BCUT2D eigenvalue weighted by molar-refractivity contribution is 6.05. The largest absolute Gasteiger partial charge is 0.393 e. The van der Waals surface area contributed by atoms with E-state index in [1.807, 2.05) is 12.1 Å². The van der Waals surface area contributed by atoms with E-state index < -0.39 is 24.0 Å². The van der Waals surface area contributed by atoms with Crippen LogP contribution in [0.4, 0.5) is 13.2 Å². The van der Waals surface area contributed by atoms with E-state index in [-0.39, 0.29) is 12.1 Å². The van der Waals surface area contributed by atoms with Gasteiger partial charge in [-0.15, -0.1) is 0 Å². The van der Waals surface area contributed by atoms with E-state index in [4.69, 9.17) is 0 Å². The number of hydrogen-bond acceptors (Lipinski definition) is 2. The maximum atomic E-state index is 13.1. The number of amides is 1. The first kappa shape index (κ1) is 15.8. The molecule has 1 amide bonds. The lowest BCUT2D eigenvalue weighted by Gasteiger charge is -2.33. The molecule has 0 saturated heterocycles. The number of alkyl halides is 3. The summed E-state index contributed by atoms with van der Waals surface area (Å²) in [6.45, 7) is 0. The van der Waals surface area contributed by atoms with Crippen LogP contribution in [0.3, 0.4) is 0 Å². The number of carbonyl (C=O) groups is 1. The average Bonchev–Trinajstić information content (AvgIpc) is 2.54. The van der Waals surface area contributed by atoms with Crippen molar-refractivity contribution in [1.82, 2.24) is 10.3 Å². The van der Waals surface area contributed by atoms with Crippen LogP contribution in [-0.4, -0.2) is 23.1 Å². The van der Waals surface area contributed by atoms with Crippen LogP contribution >= 0.6 is 0 Å². The predicted octanol–water partition coefficient (Wildman–Crippen LogP) is 4.09. The zero-order valence-electron chi connectivity index (χ0n) is 12.4. The molecule has 3 nitrogen and oxygen atoms in total. The Balaban J connectivity index is 1.85. The minimum Gasteiger partial charge on any atom is -0.347 e. The molecule has 1 saturated carbocycles. The molecular formula is C17H17F3N2O. The molecule has 6 heteroatoms. The highest BCUT2D eigenvalue weighted by Gasteiger charge is 2.46. The van der Waals surface area contributed by atoms with E-state index in [1.54, 1.807) is 18.2 Å². The lowest BCUT2D eigenvalue weighted by atomic mass is 9.84. The summed E-state index contributed by atoms with van der Waals surface area (Å²) in [5.74, 6) is -2.02. The van der Waals surface area contributed by atoms with E-state index in [0.717, 1.165) is 5.39 Å². The number of aromatic nitrogens is 1. The van der Waals surface area contributed by atoms with Crippen molar-refractivity contribution in [3.63, 3.8) is 0 Å². The molecule has 23 heavy (non-hydrogen) atoms. The summed E-state index contributed by atoms with van der Waals surface area (Å²) < 4.78 is 39.4. The van der Waals surface area contributed by atoms with Gasteiger partial charge in [0.05, 0.1) is 5.92 Å². The van der Waals surface area contributed by atoms with E-state index in [0.29, 0.717) is 24.6 Å². The van der Waals surface area contributed by atoms with Gasteiger partial charge >= 0.3 is 6.18 Å². The van der Waals surface area contributed by atoms with Crippen molar-refractivity contribution in [1.29, 1.82) is 0 Å². The summed E-state index contributed by atoms with van der Waals surface area (Å²) in [5.41, 5.74) is 0.176. The molecule has 0 unspecified atom stereocenters. The van der Waals surface area contributed by atoms with E-state index in [1.165, 1.54) is 6.20 Å². The Morgan fingerprint density at radius 2 is 1.87 bits per heavy atom. The number of rotatable bonds is 2. The van der Waals surface area contributed by atoms with Gasteiger partial charge in [-0.1, -0.05) is 37.1 Å². The molecule has 122 valence electrons. The number of nitrogens with zero attached hydrogens (tertiary/aromatic N) is 1. The molecule has 0 radical (unpaired) electrons. The maximum absolute atomic E-state index is 13.1. The Morgan fingerprint density at radius 1 is 1.13 bits per heavy atom. The van der Waals surface area contributed by atoms with Crippen LogP contribution in [0.15, 0.2) is 36.5 Å². The number of pyridine rings is 1. The Labute approximate surface area is 131 Å². The highest BCUT2D eigenvalue weighted by Crippen LogP contribution is 2.37.